The van der Waals surface area contributed by atoms with E-state index in [2.05, 4.69) is 6.58 Å². The zero-order valence-electron chi connectivity index (χ0n) is 20.8. The van der Waals surface area contributed by atoms with Gasteiger partial charge in [0.2, 0.25) is 5.76 Å². The Balaban J connectivity index is 1.58. The monoisotopic (exact) mass is 535 g/mol. The number of carbonyl (C=O) groups excluding carboxylic acids is 2. The molecule has 39 heavy (non-hydrogen) atoms. The molecule has 2 aliphatic rings. The van der Waals surface area contributed by atoms with E-state index in [9.17, 15) is 14.4 Å². The number of benzene rings is 3. The van der Waals surface area contributed by atoms with E-state index in [-0.39, 0.29) is 28.6 Å². The maximum Gasteiger partial charge on any atom is 0.297 e. The molecule has 4 heterocycles. The lowest BCUT2D eigenvalue weighted by Gasteiger charge is -2.32. The van der Waals surface area contributed by atoms with Crippen molar-refractivity contribution in [2.45, 2.75) is 12.5 Å². The van der Waals surface area contributed by atoms with Gasteiger partial charge in [-0.05, 0) is 43.3 Å². The third-order valence-electron chi connectivity index (χ3n) is 7.19. The summed E-state index contributed by atoms with van der Waals surface area (Å²) in [5.41, 5.74) is -0.174. The van der Waals surface area contributed by atoms with Crippen molar-refractivity contribution in [3.8, 4) is 5.75 Å². The van der Waals surface area contributed by atoms with E-state index in [1.54, 1.807) is 47.4 Å². The van der Waals surface area contributed by atoms with E-state index in [0.717, 1.165) is 4.70 Å². The molecule has 0 radical (unpaired) electrons. The molecule has 0 aliphatic carbocycles. The molecule has 2 aromatic heterocycles. The SMILES string of the molecule is C=CCN1C(=O)C2(c3ccccc31)c1c(oc3ccccc3c1=O)C(=O)N2c1nc2ccc(OCC)cc2s1. The minimum Gasteiger partial charge on any atom is -0.494 e. The highest BCUT2D eigenvalue weighted by atomic mass is 32.1. The van der Waals surface area contributed by atoms with Gasteiger partial charge in [-0.25, -0.2) is 4.98 Å². The Kier molecular flexibility index (Phi) is 5.02. The second-order valence-corrected chi connectivity index (χ2v) is 10.3. The Morgan fingerprint density at radius 1 is 1.08 bits per heavy atom. The second kappa shape index (κ2) is 8.37. The molecule has 1 unspecified atom stereocenters. The Morgan fingerprint density at radius 2 is 1.87 bits per heavy atom. The lowest BCUT2D eigenvalue weighted by molar-refractivity contribution is -0.121. The summed E-state index contributed by atoms with van der Waals surface area (Å²) < 4.78 is 12.5. The summed E-state index contributed by atoms with van der Waals surface area (Å²) in [6, 6.07) is 19.4. The fourth-order valence-electron chi connectivity index (χ4n) is 5.66. The van der Waals surface area contributed by atoms with Crippen molar-refractivity contribution >= 4 is 55.2 Å². The average Bonchev–Trinajstić information content (AvgIpc) is 3.55. The highest BCUT2D eigenvalue weighted by molar-refractivity contribution is 7.22. The fourth-order valence-corrected chi connectivity index (χ4v) is 6.71. The van der Waals surface area contributed by atoms with Crippen molar-refractivity contribution in [2.24, 2.45) is 0 Å². The summed E-state index contributed by atoms with van der Waals surface area (Å²) in [5.74, 6) is -0.516. The average molecular weight is 536 g/mol. The number of rotatable bonds is 5. The maximum absolute atomic E-state index is 14.6. The molecule has 8 nitrogen and oxygen atoms in total. The lowest BCUT2D eigenvalue weighted by Crippen LogP contribution is -2.53. The minimum absolute atomic E-state index is 0.00414. The Morgan fingerprint density at radius 3 is 2.69 bits per heavy atom. The van der Waals surface area contributed by atoms with Gasteiger partial charge in [0.25, 0.3) is 11.8 Å². The topological polar surface area (TPSA) is 93.0 Å². The number of hydrogen-bond donors (Lipinski definition) is 0. The number of thiazole rings is 1. The summed E-state index contributed by atoms with van der Waals surface area (Å²) in [6.45, 7) is 6.42. The van der Waals surface area contributed by atoms with E-state index in [1.807, 2.05) is 37.3 Å². The van der Waals surface area contributed by atoms with Gasteiger partial charge in [-0.15, -0.1) is 6.58 Å². The van der Waals surface area contributed by atoms with Crippen LogP contribution in [0.15, 0.2) is 88.6 Å². The van der Waals surface area contributed by atoms with Crippen molar-refractivity contribution < 1.29 is 18.7 Å². The van der Waals surface area contributed by atoms with Crippen LogP contribution in [0.4, 0.5) is 10.8 Å². The third kappa shape index (κ3) is 2.99. The molecule has 7 rings (SSSR count). The van der Waals surface area contributed by atoms with Crippen LogP contribution in [0, 0.1) is 0 Å². The molecule has 0 N–H and O–H groups in total. The van der Waals surface area contributed by atoms with Crippen molar-refractivity contribution in [3.05, 3.63) is 106 Å². The van der Waals surface area contributed by atoms with Gasteiger partial charge in [-0.2, -0.15) is 0 Å². The van der Waals surface area contributed by atoms with Gasteiger partial charge in [-0.3, -0.25) is 19.3 Å². The lowest BCUT2D eigenvalue weighted by atomic mass is 9.84. The number of hydrogen-bond acceptors (Lipinski definition) is 7. The molecule has 9 heteroatoms. The minimum atomic E-state index is -1.78. The molecule has 0 saturated heterocycles. The number of aromatic nitrogens is 1. The van der Waals surface area contributed by atoms with Crippen LogP contribution >= 0.6 is 11.3 Å². The first kappa shape index (κ1) is 23.4. The molecule has 1 atom stereocenters. The van der Waals surface area contributed by atoms with Crippen LogP contribution in [0.5, 0.6) is 5.75 Å². The molecule has 0 bridgehead atoms. The highest BCUT2D eigenvalue weighted by Crippen LogP contribution is 2.54. The number of para-hydroxylation sites is 2. The summed E-state index contributed by atoms with van der Waals surface area (Å²) in [4.78, 5) is 50.6. The van der Waals surface area contributed by atoms with Gasteiger partial charge in [0, 0.05) is 12.1 Å². The van der Waals surface area contributed by atoms with Crippen LogP contribution < -0.4 is 20.0 Å². The Labute approximate surface area is 226 Å². The van der Waals surface area contributed by atoms with Gasteiger partial charge in [0.1, 0.15) is 11.3 Å². The standard InChI is InChI=1S/C30H21N3O5S/c1-3-15-32-21-11-7-6-10-19(21)30(28(32)36)24-25(34)18-9-5-8-12-22(18)38-26(24)27(35)33(30)29-31-20-14-13-17(37-4-2)16-23(20)39-29/h3,5-14,16H,1,4,15H2,2H3. The number of fused-ring (bicyclic) bond motifs is 6. The first-order chi connectivity index (χ1) is 19.0. The first-order valence-electron chi connectivity index (χ1n) is 12.5. The second-order valence-electron chi connectivity index (χ2n) is 9.26. The molecule has 2 amide bonds. The van der Waals surface area contributed by atoms with Crippen LogP contribution in [0.2, 0.25) is 0 Å². The Hall–Kier alpha value is -4.76. The van der Waals surface area contributed by atoms with Crippen molar-refractivity contribution in [1.82, 2.24) is 4.98 Å². The smallest absolute Gasteiger partial charge is 0.297 e. The zero-order valence-corrected chi connectivity index (χ0v) is 21.7. The zero-order chi connectivity index (χ0) is 26.9. The third-order valence-corrected chi connectivity index (χ3v) is 8.20. The molecule has 0 saturated carbocycles. The summed E-state index contributed by atoms with van der Waals surface area (Å²) >= 11 is 1.25. The number of carbonyl (C=O) groups is 2. The van der Waals surface area contributed by atoms with Gasteiger partial charge < -0.3 is 14.1 Å². The van der Waals surface area contributed by atoms with E-state index < -0.39 is 22.8 Å². The van der Waals surface area contributed by atoms with Crippen molar-refractivity contribution in [2.75, 3.05) is 23.0 Å². The van der Waals surface area contributed by atoms with Crippen LogP contribution in [-0.2, 0) is 10.3 Å². The maximum atomic E-state index is 14.6. The molecular weight excluding hydrogens is 514 g/mol. The fraction of sp³-hybridized carbons (Fsp3) is 0.133. The quantitative estimate of drug-likeness (QED) is 0.286. The molecular formula is C30H21N3O5S. The summed E-state index contributed by atoms with van der Waals surface area (Å²) in [6.07, 6.45) is 1.62. The molecule has 192 valence electrons. The van der Waals surface area contributed by atoms with E-state index in [0.29, 0.717) is 34.5 Å². The van der Waals surface area contributed by atoms with E-state index in [4.69, 9.17) is 14.1 Å². The van der Waals surface area contributed by atoms with Crippen LogP contribution in [0.3, 0.4) is 0 Å². The molecule has 1 spiro atoms. The number of amides is 2. The largest absolute Gasteiger partial charge is 0.494 e. The predicted molar refractivity (Wildman–Crippen MR) is 150 cm³/mol. The van der Waals surface area contributed by atoms with Crippen LogP contribution in [0.1, 0.15) is 28.6 Å². The van der Waals surface area contributed by atoms with Gasteiger partial charge in [0.05, 0.1) is 33.5 Å². The van der Waals surface area contributed by atoms with E-state index >= 15 is 0 Å². The van der Waals surface area contributed by atoms with Crippen LogP contribution in [-0.4, -0.2) is 29.9 Å². The summed E-state index contributed by atoms with van der Waals surface area (Å²) in [5, 5.41) is 0.575. The van der Waals surface area contributed by atoms with Crippen molar-refractivity contribution in [1.29, 1.82) is 0 Å². The summed E-state index contributed by atoms with van der Waals surface area (Å²) in [7, 11) is 0. The normalized spacial score (nSPS) is 17.9. The molecule has 5 aromatic rings. The number of ether oxygens (including phenoxy) is 1. The molecule has 0 fully saturated rings. The first-order valence-corrected chi connectivity index (χ1v) is 13.3. The van der Waals surface area contributed by atoms with Gasteiger partial charge in [0.15, 0.2) is 16.1 Å². The van der Waals surface area contributed by atoms with Gasteiger partial charge in [-0.1, -0.05) is 47.7 Å². The van der Waals surface area contributed by atoms with Crippen molar-refractivity contribution in [3.63, 3.8) is 0 Å². The molecule has 3 aromatic carbocycles. The van der Waals surface area contributed by atoms with Gasteiger partial charge >= 0.3 is 0 Å². The number of anilines is 2. The Bertz CT molecular complexity index is 1930. The predicted octanol–water partition coefficient (Wildman–Crippen LogP) is 5.24. The van der Waals surface area contributed by atoms with E-state index in [1.165, 1.54) is 16.2 Å². The molecule has 2 aliphatic heterocycles. The highest BCUT2D eigenvalue weighted by Gasteiger charge is 2.66. The van der Waals surface area contributed by atoms with Crippen LogP contribution in [0.25, 0.3) is 21.2 Å². The number of nitrogens with zero attached hydrogens (tertiary/aromatic N) is 3.